The van der Waals surface area contributed by atoms with E-state index in [4.69, 9.17) is 10.8 Å². The number of carboxylic acid groups (broad SMARTS) is 1. The molecule has 0 heterocycles. The molecular weight excluding hydrogens is 514 g/mol. The Labute approximate surface area is 222 Å². The number of nitrogens with one attached hydrogen (secondary N) is 1. The van der Waals surface area contributed by atoms with E-state index in [9.17, 15) is 44.4 Å². The van der Waals surface area contributed by atoms with Gasteiger partial charge < -0.3 is 36.6 Å². The van der Waals surface area contributed by atoms with Gasteiger partial charge in [0.1, 0.15) is 17.1 Å². The van der Waals surface area contributed by atoms with Gasteiger partial charge in [0.15, 0.2) is 17.1 Å². The number of carboxylic acids is 1. The number of rotatable bonds is 7. The van der Waals surface area contributed by atoms with Crippen LogP contribution in [0.25, 0.3) is 0 Å². The van der Waals surface area contributed by atoms with Gasteiger partial charge >= 0.3 is 5.97 Å². The van der Waals surface area contributed by atoms with Crippen molar-refractivity contribution in [1.29, 1.82) is 0 Å². The molecule has 0 aliphatic heterocycles. The van der Waals surface area contributed by atoms with E-state index in [0.29, 0.717) is 5.56 Å². The fourth-order valence-electron chi connectivity index (χ4n) is 5.94. The lowest BCUT2D eigenvalue weighted by Crippen LogP contribution is -2.63. The number of benzene rings is 1. The summed E-state index contributed by atoms with van der Waals surface area (Å²) in [5.74, 6) is -9.20. The highest BCUT2D eigenvalue weighted by atomic mass is 16.4. The van der Waals surface area contributed by atoms with Gasteiger partial charge in [-0.15, -0.1) is 0 Å². The number of primary amides is 1. The van der Waals surface area contributed by atoms with E-state index < -0.39 is 75.7 Å². The molecule has 2 amide bonds. The Morgan fingerprint density at radius 1 is 1.13 bits per heavy atom. The number of fused-ring (bicyclic) bond motifs is 3. The minimum atomic E-state index is -2.74. The number of phenolic OH excluding ortho intramolecular Hbond substituents is 1. The third-order valence-corrected chi connectivity index (χ3v) is 7.66. The number of likely N-dealkylation sites (N-methyl/N-ethyl adjacent to an activating group) is 1. The predicted octanol–water partition coefficient (Wildman–Crippen LogP) is 0.314. The van der Waals surface area contributed by atoms with Crippen LogP contribution in [0, 0.1) is 11.8 Å². The highest BCUT2D eigenvalue weighted by Gasteiger charge is 2.63. The van der Waals surface area contributed by atoms with Crippen LogP contribution in [-0.4, -0.2) is 85.5 Å². The van der Waals surface area contributed by atoms with Gasteiger partial charge in [0.25, 0.3) is 5.91 Å². The average molecular weight is 544 g/mol. The first-order valence-corrected chi connectivity index (χ1v) is 12.2. The topological polar surface area (TPSA) is 228 Å². The molecule has 39 heavy (non-hydrogen) atoms. The lowest BCUT2D eigenvalue weighted by Gasteiger charge is -2.50. The summed E-state index contributed by atoms with van der Waals surface area (Å²) in [4.78, 5) is 63.3. The van der Waals surface area contributed by atoms with Crippen LogP contribution >= 0.6 is 0 Å². The van der Waals surface area contributed by atoms with Gasteiger partial charge in [-0.05, 0) is 50.9 Å². The zero-order chi connectivity index (χ0) is 29.0. The first-order chi connectivity index (χ1) is 18.2. The molecule has 1 aromatic carbocycles. The van der Waals surface area contributed by atoms with Gasteiger partial charge in [-0.3, -0.25) is 28.9 Å². The number of aliphatic carboxylic acids is 1. The summed E-state index contributed by atoms with van der Waals surface area (Å²) < 4.78 is 0. The molecule has 0 radical (unpaired) electrons. The maximum atomic E-state index is 13.6. The van der Waals surface area contributed by atoms with Crippen LogP contribution in [0.1, 0.15) is 41.6 Å². The largest absolute Gasteiger partial charge is 0.510 e. The molecule has 0 fully saturated rings. The number of nitrogens with two attached hydrogens (primary N) is 1. The standard InChI is InChI=1S/C26H29N3O10/c1-29(2)19-12-9-11-8-10-6-7-13(28-14(30)4-3-5-15(31)32)20(33)16(10)21(34)17(11)23(36)26(12,39)24(37)18(22(19)35)25(27)38/h6-7,11-12,19,33,35-36,39H,3-5,8-9H2,1-2H3,(H2,27,38)(H,28,30)(H,31,32)/t11-,12-,19-,26-/m0/s1. The van der Waals surface area contributed by atoms with E-state index in [-0.39, 0.29) is 48.9 Å². The molecule has 0 bridgehead atoms. The van der Waals surface area contributed by atoms with E-state index in [1.807, 2.05) is 0 Å². The summed E-state index contributed by atoms with van der Waals surface area (Å²) in [6.45, 7) is 0. The Morgan fingerprint density at radius 3 is 2.38 bits per heavy atom. The Kier molecular flexibility index (Phi) is 7.00. The summed E-state index contributed by atoms with van der Waals surface area (Å²) in [5, 5.41) is 55.7. The number of anilines is 1. The van der Waals surface area contributed by atoms with Gasteiger partial charge in [0, 0.05) is 24.3 Å². The van der Waals surface area contributed by atoms with Crippen molar-refractivity contribution in [3.63, 3.8) is 0 Å². The second kappa shape index (κ2) is 9.82. The van der Waals surface area contributed by atoms with Crippen LogP contribution in [-0.2, 0) is 25.6 Å². The van der Waals surface area contributed by atoms with Crippen LogP contribution in [0.4, 0.5) is 5.69 Å². The number of aromatic hydroxyl groups is 1. The van der Waals surface area contributed by atoms with Crippen molar-refractivity contribution in [3.8, 4) is 5.75 Å². The van der Waals surface area contributed by atoms with Gasteiger partial charge in [0.05, 0.1) is 17.3 Å². The van der Waals surface area contributed by atoms with Crippen LogP contribution in [0.15, 0.2) is 34.8 Å². The van der Waals surface area contributed by atoms with E-state index in [0.717, 1.165) is 0 Å². The number of carbonyl (C=O) groups excluding carboxylic acids is 4. The molecule has 0 aromatic heterocycles. The smallest absolute Gasteiger partial charge is 0.303 e. The van der Waals surface area contributed by atoms with Gasteiger partial charge in [-0.25, -0.2) is 0 Å². The minimum absolute atomic E-state index is 0.0331. The zero-order valence-corrected chi connectivity index (χ0v) is 21.2. The number of amides is 2. The highest BCUT2D eigenvalue weighted by molar-refractivity contribution is 6.25. The summed E-state index contributed by atoms with van der Waals surface area (Å²) in [5.41, 5.74) is 1.42. The molecule has 0 saturated heterocycles. The van der Waals surface area contributed by atoms with Crippen molar-refractivity contribution < 1.29 is 49.5 Å². The number of hydrogen-bond donors (Lipinski definition) is 7. The van der Waals surface area contributed by atoms with E-state index in [1.54, 1.807) is 14.1 Å². The molecule has 0 saturated carbocycles. The van der Waals surface area contributed by atoms with E-state index >= 15 is 0 Å². The minimum Gasteiger partial charge on any atom is -0.510 e. The third-order valence-electron chi connectivity index (χ3n) is 7.66. The summed E-state index contributed by atoms with van der Waals surface area (Å²) in [7, 11) is 3.09. The lowest BCUT2D eigenvalue weighted by molar-refractivity contribution is -0.148. The first kappa shape index (κ1) is 27.8. The van der Waals surface area contributed by atoms with Gasteiger partial charge in [-0.1, -0.05) is 6.07 Å². The van der Waals surface area contributed by atoms with Crippen LogP contribution in [0.3, 0.4) is 0 Å². The third kappa shape index (κ3) is 4.33. The van der Waals surface area contributed by atoms with Crippen molar-refractivity contribution >= 4 is 35.0 Å². The molecule has 3 aliphatic rings. The number of Topliss-reactive ketones (excluding diaryl/α,β-unsaturated/α-hetero) is 2. The monoisotopic (exact) mass is 543 g/mol. The maximum absolute atomic E-state index is 13.6. The second-order valence-electron chi connectivity index (χ2n) is 10.3. The van der Waals surface area contributed by atoms with Crippen molar-refractivity contribution in [1.82, 2.24) is 4.90 Å². The number of nitrogens with zero attached hydrogens (tertiary/aromatic N) is 1. The number of allylic oxidation sites excluding steroid dienone is 1. The number of aliphatic hydroxyl groups is 3. The Hall–Kier alpha value is -4.23. The fraction of sp³-hybridized carbons (Fsp3) is 0.423. The van der Waals surface area contributed by atoms with Crippen molar-refractivity contribution in [2.24, 2.45) is 17.6 Å². The van der Waals surface area contributed by atoms with Crippen LogP contribution < -0.4 is 11.1 Å². The lowest BCUT2D eigenvalue weighted by atomic mass is 9.58. The highest BCUT2D eigenvalue weighted by Crippen LogP contribution is 2.52. The van der Waals surface area contributed by atoms with Crippen molar-refractivity contribution in [2.45, 2.75) is 43.7 Å². The molecule has 1 aromatic rings. The summed E-state index contributed by atoms with van der Waals surface area (Å²) >= 11 is 0. The summed E-state index contributed by atoms with van der Waals surface area (Å²) in [6.07, 6.45) is -0.216. The first-order valence-electron chi connectivity index (χ1n) is 12.2. The normalized spacial score (nSPS) is 26.2. The Morgan fingerprint density at radius 2 is 1.79 bits per heavy atom. The molecular formula is C26H29N3O10. The molecule has 208 valence electrons. The fourth-order valence-corrected chi connectivity index (χ4v) is 5.94. The molecule has 4 atom stereocenters. The Balaban J connectivity index is 1.76. The predicted molar refractivity (Wildman–Crippen MR) is 134 cm³/mol. The van der Waals surface area contributed by atoms with Gasteiger partial charge in [-0.2, -0.15) is 0 Å². The number of ketones is 2. The quantitative estimate of drug-likeness (QED) is 0.183. The van der Waals surface area contributed by atoms with E-state index in [2.05, 4.69) is 5.32 Å². The zero-order valence-electron chi connectivity index (χ0n) is 21.2. The van der Waals surface area contributed by atoms with Crippen LogP contribution in [0.5, 0.6) is 5.75 Å². The molecule has 3 aliphatic carbocycles. The maximum Gasteiger partial charge on any atom is 0.303 e. The average Bonchev–Trinajstić information content (AvgIpc) is 2.82. The molecule has 13 heteroatoms. The van der Waals surface area contributed by atoms with Crippen molar-refractivity contribution in [2.75, 3.05) is 19.4 Å². The molecule has 13 nitrogen and oxygen atoms in total. The number of aliphatic hydroxyl groups excluding tert-OH is 2. The van der Waals surface area contributed by atoms with E-state index in [1.165, 1.54) is 17.0 Å². The number of carbonyl (C=O) groups is 5. The molecule has 0 unspecified atom stereocenters. The van der Waals surface area contributed by atoms with Gasteiger partial charge in [0.2, 0.25) is 11.7 Å². The number of phenols is 1. The van der Waals surface area contributed by atoms with Crippen LogP contribution in [0.2, 0.25) is 0 Å². The van der Waals surface area contributed by atoms with Crippen molar-refractivity contribution in [3.05, 3.63) is 45.9 Å². The molecule has 4 rings (SSSR count). The second-order valence-corrected chi connectivity index (χ2v) is 10.3. The SMILES string of the molecule is CN(C)[C@@H]1C(O)=C(C(N)=O)C(=O)[C@@]2(O)C(O)=C3C(=O)c4c(ccc(NC(=O)CCCC(=O)O)c4O)C[C@H]3C[C@@H]12. The molecule has 8 N–H and O–H groups in total. The molecule has 0 spiro atoms. The summed E-state index contributed by atoms with van der Waals surface area (Å²) in [6, 6.07) is 1.83. The Bertz CT molecular complexity index is 1380. The number of hydrogen-bond acceptors (Lipinski definition) is 10.